The second-order valence-electron chi connectivity index (χ2n) is 19.8. The zero-order valence-electron chi connectivity index (χ0n) is 37.6. The number of hydrogen-bond acceptors (Lipinski definition) is 13. The first-order valence-electron chi connectivity index (χ1n) is 20.4. The summed E-state index contributed by atoms with van der Waals surface area (Å²) in [4.78, 5) is 61.1. The fourth-order valence-electron chi connectivity index (χ4n) is 8.09. The minimum absolute atomic E-state index is 0.0457. The molecule has 1 fully saturated rings. The van der Waals surface area contributed by atoms with Gasteiger partial charge in [0.2, 0.25) is 11.6 Å². The quantitative estimate of drug-likeness (QED) is 0.0986. The van der Waals surface area contributed by atoms with Crippen LogP contribution in [0, 0.1) is 17.7 Å². The molecule has 1 N–H and O–H groups in total. The lowest BCUT2D eigenvalue weighted by Gasteiger charge is -2.55. The Labute approximate surface area is 357 Å². The molecule has 1 amide bonds. The van der Waals surface area contributed by atoms with E-state index in [9.17, 15) is 14.7 Å². The fourth-order valence-corrected chi connectivity index (χ4v) is 9.53. The first kappa shape index (κ1) is 45.5. The molecule has 3 aromatic rings. The molecule has 1 heterocycles. The van der Waals surface area contributed by atoms with Crippen LogP contribution in [0.15, 0.2) is 46.5 Å². The van der Waals surface area contributed by atoms with Crippen molar-refractivity contribution in [1.29, 1.82) is 0 Å². The molecule has 4 atom stereocenters. The highest BCUT2D eigenvalue weighted by Crippen LogP contribution is 2.59. The van der Waals surface area contributed by atoms with Crippen molar-refractivity contribution in [1.82, 2.24) is 10.1 Å². The number of fused-ring (bicyclic) bond motifs is 4. The Balaban J connectivity index is 1.60. The van der Waals surface area contributed by atoms with Crippen molar-refractivity contribution in [2.75, 3.05) is 26.0 Å². The zero-order chi connectivity index (χ0) is 45.4. The molecule has 16 heteroatoms. The van der Waals surface area contributed by atoms with Gasteiger partial charge < -0.3 is 33.0 Å². The average Bonchev–Trinajstić information content (AvgIpc) is 3.54. The van der Waals surface area contributed by atoms with Crippen molar-refractivity contribution in [3.63, 3.8) is 0 Å². The van der Waals surface area contributed by atoms with Crippen LogP contribution in [0.1, 0.15) is 108 Å². The van der Waals surface area contributed by atoms with E-state index in [1.165, 1.54) is 7.05 Å². The Kier molecular flexibility index (Phi) is 11.7. The van der Waals surface area contributed by atoms with Crippen LogP contribution in [-0.2, 0) is 31.7 Å². The molecule has 0 bridgehead atoms. The Morgan fingerprint density at radius 2 is 1.57 bits per heavy atom. The van der Waals surface area contributed by atoms with Crippen LogP contribution in [0.2, 0.25) is 18.1 Å². The number of aromatic nitrogens is 1. The van der Waals surface area contributed by atoms with Gasteiger partial charge in [0.25, 0.3) is 5.88 Å². The predicted molar refractivity (Wildman–Crippen MR) is 227 cm³/mol. The summed E-state index contributed by atoms with van der Waals surface area (Å²) in [5.74, 6) is -5.23. The number of carbonyl (C=O) groups excluding carboxylic acids is 4. The number of Topliss-reactive ketones (excluding diaryl/α,β-unsaturated/α-hetero) is 2. The largest absolute Gasteiger partial charge is 0.514 e. The summed E-state index contributed by atoms with van der Waals surface area (Å²) in [6.45, 7) is 19.7. The number of halogens is 1. The number of rotatable bonds is 8. The molecule has 6 rings (SSSR count). The molecule has 1 aromatic heterocycles. The van der Waals surface area contributed by atoms with Crippen LogP contribution in [0.25, 0.3) is 5.76 Å². The smallest absolute Gasteiger partial charge is 0.507 e. The van der Waals surface area contributed by atoms with Crippen molar-refractivity contribution < 1.29 is 56.6 Å². The van der Waals surface area contributed by atoms with Crippen LogP contribution in [0.3, 0.4) is 0 Å². The topological polar surface area (TPSA) is 167 Å². The van der Waals surface area contributed by atoms with Gasteiger partial charge in [-0.3, -0.25) is 19.4 Å². The Morgan fingerprint density at radius 1 is 0.951 bits per heavy atom. The van der Waals surface area contributed by atoms with Gasteiger partial charge in [-0.2, -0.15) is 0 Å². The van der Waals surface area contributed by atoms with E-state index in [2.05, 4.69) is 5.16 Å². The highest BCUT2D eigenvalue weighted by Gasteiger charge is 2.69. The number of amides is 1. The second-order valence-corrected chi connectivity index (χ2v) is 24.6. The van der Waals surface area contributed by atoms with Crippen LogP contribution in [0.5, 0.6) is 11.6 Å². The highest BCUT2D eigenvalue weighted by atomic mass is 28.4. The SMILES string of the molecule is CN(C(=O)OC(C)(C)C)c1cc(F)c2c(c1OC(=O)OC(C)(C)C)C(O)=C1C(=O)[C@]3(O[Si](C)(C)C(C)(C)C)C(=O)c4c(OCc5ccccc5)noc4[C@@H](N(C)C)[C@@H]3C[C@@H]1C2. The van der Waals surface area contributed by atoms with Crippen LogP contribution < -0.4 is 14.4 Å². The Bertz CT molecular complexity index is 2280. The van der Waals surface area contributed by atoms with Gasteiger partial charge in [0.1, 0.15) is 34.9 Å². The van der Waals surface area contributed by atoms with E-state index in [1.54, 1.807) is 55.6 Å². The lowest BCUT2D eigenvalue weighted by atomic mass is 9.57. The number of ether oxygens (including phenoxy) is 4. The van der Waals surface area contributed by atoms with Crippen LogP contribution >= 0.6 is 0 Å². The predicted octanol–water partition coefficient (Wildman–Crippen LogP) is 9.37. The Hall–Kier alpha value is -5.06. The van der Waals surface area contributed by atoms with E-state index in [-0.39, 0.29) is 59.0 Å². The summed E-state index contributed by atoms with van der Waals surface area (Å²) in [5, 5.41) is 16.3. The number of hydrogen-bond donors (Lipinski definition) is 1. The van der Waals surface area contributed by atoms with Gasteiger partial charge in [-0.25, -0.2) is 14.0 Å². The minimum atomic E-state index is -3.08. The normalized spacial score (nSPS) is 21.6. The molecule has 0 saturated heterocycles. The van der Waals surface area contributed by atoms with Crippen molar-refractivity contribution in [2.24, 2.45) is 11.8 Å². The van der Waals surface area contributed by atoms with Crippen molar-refractivity contribution >= 4 is 43.6 Å². The summed E-state index contributed by atoms with van der Waals surface area (Å²) in [6, 6.07) is 9.54. The molecule has 0 radical (unpaired) electrons. The molecule has 330 valence electrons. The molecule has 1 saturated carbocycles. The van der Waals surface area contributed by atoms with Gasteiger partial charge >= 0.3 is 12.2 Å². The monoisotopic (exact) mass is 863 g/mol. The van der Waals surface area contributed by atoms with Crippen molar-refractivity contribution in [2.45, 2.75) is 123 Å². The molecule has 2 aromatic carbocycles. The summed E-state index contributed by atoms with van der Waals surface area (Å²) in [7, 11) is 1.80. The third kappa shape index (κ3) is 8.33. The number of ketones is 2. The minimum Gasteiger partial charge on any atom is -0.507 e. The van der Waals surface area contributed by atoms with Crippen molar-refractivity contribution in [3.05, 3.63) is 75.8 Å². The molecule has 0 spiro atoms. The van der Waals surface area contributed by atoms with E-state index in [4.69, 9.17) is 27.9 Å². The van der Waals surface area contributed by atoms with Gasteiger partial charge in [0, 0.05) is 30.2 Å². The van der Waals surface area contributed by atoms with Crippen LogP contribution in [0.4, 0.5) is 19.7 Å². The maximum atomic E-state index is 16.6. The molecule has 0 aliphatic heterocycles. The standard InChI is InChI=1S/C45H58FN3O11Si/c1-42(2,3)57-40(53)49(12)29-22-28(46)26-20-25-21-27-33(48(10)11)36-32(39(47-59-36)55-23-24-18-16-15-17-19-24)38(52)45(27,60-61(13,14)44(7,8)9)37(51)30(25)34(50)31(26)35(29)56-41(54)58-43(4,5)6/h15-19,22,25,27,33,50H,20-21,23H2,1-14H3/t25-,27-,33-,45-/m0/s1. The number of nitrogens with zero attached hydrogens (tertiary/aromatic N) is 3. The van der Waals surface area contributed by atoms with E-state index >= 15 is 14.0 Å². The van der Waals surface area contributed by atoms with Gasteiger partial charge in [0.05, 0.1) is 17.3 Å². The van der Waals surface area contributed by atoms with Gasteiger partial charge in [-0.1, -0.05) is 51.1 Å². The summed E-state index contributed by atoms with van der Waals surface area (Å²) >= 11 is 0. The average molecular weight is 864 g/mol. The number of benzene rings is 2. The van der Waals surface area contributed by atoms with E-state index in [0.29, 0.717) is 0 Å². The van der Waals surface area contributed by atoms with Crippen molar-refractivity contribution in [3.8, 4) is 11.6 Å². The number of aliphatic hydroxyl groups excluding tert-OH is 1. The number of carbonyl (C=O) groups is 4. The summed E-state index contributed by atoms with van der Waals surface area (Å²) in [6.07, 6.45) is -2.22. The molecule has 3 aliphatic carbocycles. The number of anilines is 1. The first-order chi connectivity index (χ1) is 28.1. The van der Waals surface area contributed by atoms with E-state index in [1.807, 2.05) is 69.1 Å². The fraction of sp³-hybridized carbons (Fsp3) is 0.533. The summed E-state index contributed by atoms with van der Waals surface area (Å²) in [5.41, 5.74) is -4.38. The maximum absolute atomic E-state index is 16.6. The molecule has 61 heavy (non-hydrogen) atoms. The zero-order valence-corrected chi connectivity index (χ0v) is 38.6. The van der Waals surface area contributed by atoms with E-state index < -0.39 is 89.2 Å². The lowest BCUT2D eigenvalue weighted by Crippen LogP contribution is -2.68. The Morgan fingerprint density at radius 3 is 2.15 bits per heavy atom. The first-order valence-corrected chi connectivity index (χ1v) is 23.3. The van der Waals surface area contributed by atoms with Gasteiger partial charge in [-0.05, 0) is 103 Å². The highest BCUT2D eigenvalue weighted by molar-refractivity contribution is 6.74. The third-order valence-corrected chi connectivity index (χ3v) is 16.3. The summed E-state index contributed by atoms with van der Waals surface area (Å²) < 4.78 is 52.7. The molecular formula is C45H58FN3O11Si. The maximum Gasteiger partial charge on any atom is 0.514 e. The molecular weight excluding hydrogens is 806 g/mol. The number of aliphatic hydroxyl groups is 1. The molecule has 0 unspecified atom stereocenters. The lowest BCUT2D eigenvalue weighted by molar-refractivity contribution is -0.140. The van der Waals surface area contributed by atoms with Gasteiger partial charge in [0.15, 0.2) is 25.4 Å². The third-order valence-electron chi connectivity index (χ3n) is 11.8. The van der Waals surface area contributed by atoms with Crippen LogP contribution in [-0.4, -0.2) is 85.2 Å². The van der Waals surface area contributed by atoms with Gasteiger partial charge in [-0.15, -0.1) is 0 Å². The second kappa shape index (κ2) is 15.7. The van der Waals surface area contributed by atoms with E-state index in [0.717, 1.165) is 16.5 Å². The molecule has 3 aliphatic rings. The molecule has 14 nitrogen and oxygen atoms in total.